The fourth-order valence-electron chi connectivity index (χ4n) is 2.08. The zero-order valence-corrected chi connectivity index (χ0v) is 11.8. The van der Waals surface area contributed by atoms with Crippen LogP contribution in [0.5, 0.6) is 0 Å². The molecule has 0 spiro atoms. The van der Waals surface area contributed by atoms with E-state index in [0.717, 1.165) is 5.56 Å². The maximum absolute atomic E-state index is 12.3. The molecule has 1 atom stereocenters. The minimum absolute atomic E-state index is 0.0728. The molecule has 1 amide bonds. The number of benzene rings is 1. The van der Waals surface area contributed by atoms with E-state index >= 15 is 0 Å². The Morgan fingerprint density at radius 1 is 1.42 bits per heavy atom. The first-order chi connectivity index (χ1) is 8.96. The summed E-state index contributed by atoms with van der Waals surface area (Å²) in [7, 11) is 0. The molecule has 0 saturated carbocycles. The molecule has 0 saturated heterocycles. The summed E-state index contributed by atoms with van der Waals surface area (Å²) >= 11 is 0. The van der Waals surface area contributed by atoms with Crippen LogP contribution in [0.4, 0.5) is 0 Å². The third-order valence-electron chi connectivity index (χ3n) is 4.08. The number of nitrogens with one attached hydrogen (secondary N) is 1. The van der Waals surface area contributed by atoms with Gasteiger partial charge in [-0.25, -0.2) is 0 Å². The van der Waals surface area contributed by atoms with Crippen molar-refractivity contribution >= 4 is 5.91 Å². The molecule has 0 aromatic heterocycles. The van der Waals surface area contributed by atoms with Crippen LogP contribution in [0.2, 0.25) is 0 Å². The summed E-state index contributed by atoms with van der Waals surface area (Å²) in [5, 5.41) is 3.05. The number of ether oxygens (including phenoxy) is 1. The lowest BCUT2D eigenvalue weighted by atomic mass is 9.88. The number of carbonyl (C=O) groups is 1. The quantitative estimate of drug-likeness (QED) is 0.870. The highest BCUT2D eigenvalue weighted by Crippen LogP contribution is 2.22. The van der Waals surface area contributed by atoms with Crippen LogP contribution in [-0.2, 0) is 18.0 Å². The van der Waals surface area contributed by atoms with Crippen molar-refractivity contribution in [1.29, 1.82) is 0 Å². The van der Waals surface area contributed by atoms with Crippen molar-refractivity contribution in [2.24, 2.45) is 11.7 Å². The lowest BCUT2D eigenvalue weighted by Gasteiger charge is -2.33. The van der Waals surface area contributed by atoms with Crippen molar-refractivity contribution in [3.05, 3.63) is 34.9 Å². The van der Waals surface area contributed by atoms with Crippen molar-refractivity contribution in [2.45, 2.75) is 39.5 Å². The number of amides is 1. The van der Waals surface area contributed by atoms with Crippen LogP contribution in [0, 0.1) is 5.92 Å². The van der Waals surface area contributed by atoms with Gasteiger partial charge in [-0.3, -0.25) is 4.79 Å². The van der Waals surface area contributed by atoms with Crippen molar-refractivity contribution < 1.29 is 9.53 Å². The molecule has 3 N–H and O–H groups in total. The van der Waals surface area contributed by atoms with Crippen molar-refractivity contribution in [1.82, 2.24) is 5.32 Å². The van der Waals surface area contributed by atoms with Crippen LogP contribution in [-0.4, -0.2) is 18.0 Å². The molecule has 4 heteroatoms. The van der Waals surface area contributed by atoms with Gasteiger partial charge in [0.1, 0.15) is 0 Å². The number of hydrogen-bond donors (Lipinski definition) is 2. The second-order valence-electron chi connectivity index (χ2n) is 5.71. The third-order valence-corrected chi connectivity index (χ3v) is 4.08. The highest BCUT2D eigenvalue weighted by atomic mass is 16.5. The van der Waals surface area contributed by atoms with E-state index in [9.17, 15) is 4.79 Å². The van der Waals surface area contributed by atoms with Gasteiger partial charge in [0.2, 0.25) is 0 Å². The van der Waals surface area contributed by atoms with E-state index < -0.39 is 0 Å². The largest absolute Gasteiger partial charge is 0.372 e. The number of nitrogens with two attached hydrogens (primary N) is 1. The fraction of sp³-hybridized carbons (Fsp3) is 0.533. The van der Waals surface area contributed by atoms with Crippen LogP contribution in [0.1, 0.15) is 42.3 Å². The Morgan fingerprint density at radius 2 is 2.11 bits per heavy atom. The summed E-state index contributed by atoms with van der Waals surface area (Å²) in [6, 6.07) is 5.72. The predicted octanol–water partition coefficient (Wildman–Crippen LogP) is 1.82. The molecular formula is C15H22N2O2. The Bertz CT molecular complexity index is 485. The molecule has 2 rings (SSSR count). The average molecular weight is 262 g/mol. The van der Waals surface area contributed by atoms with Crippen LogP contribution in [0.25, 0.3) is 0 Å². The second-order valence-corrected chi connectivity index (χ2v) is 5.71. The van der Waals surface area contributed by atoms with E-state index in [-0.39, 0.29) is 17.4 Å². The van der Waals surface area contributed by atoms with Crippen LogP contribution in [0.3, 0.4) is 0 Å². The maximum atomic E-state index is 12.3. The van der Waals surface area contributed by atoms with Crippen molar-refractivity contribution in [3.63, 3.8) is 0 Å². The molecule has 19 heavy (non-hydrogen) atoms. The van der Waals surface area contributed by atoms with Gasteiger partial charge in [-0.2, -0.15) is 0 Å². The molecule has 1 aliphatic heterocycles. The van der Waals surface area contributed by atoms with Gasteiger partial charge in [-0.15, -0.1) is 0 Å². The van der Waals surface area contributed by atoms with E-state index in [4.69, 9.17) is 10.5 Å². The summed E-state index contributed by atoms with van der Waals surface area (Å²) in [4.78, 5) is 12.3. The molecule has 1 unspecified atom stereocenters. The number of carbonyl (C=O) groups excluding carboxylic acids is 1. The number of fused-ring (bicyclic) bond motifs is 1. The second kappa shape index (κ2) is 5.31. The van der Waals surface area contributed by atoms with E-state index in [0.29, 0.717) is 25.3 Å². The highest BCUT2D eigenvalue weighted by Gasteiger charge is 2.29. The Hall–Kier alpha value is -1.39. The zero-order valence-electron chi connectivity index (χ0n) is 11.8. The van der Waals surface area contributed by atoms with E-state index in [2.05, 4.69) is 19.2 Å². The molecule has 0 aliphatic carbocycles. The van der Waals surface area contributed by atoms with Crippen LogP contribution < -0.4 is 11.1 Å². The fourth-order valence-corrected chi connectivity index (χ4v) is 2.08. The summed E-state index contributed by atoms with van der Waals surface area (Å²) < 4.78 is 5.36. The first kappa shape index (κ1) is 14.0. The molecule has 1 aromatic rings. The first-order valence-corrected chi connectivity index (χ1v) is 6.68. The Morgan fingerprint density at radius 3 is 2.74 bits per heavy atom. The van der Waals surface area contributed by atoms with E-state index in [1.165, 1.54) is 5.56 Å². The average Bonchev–Trinajstić information content (AvgIpc) is 2.85. The van der Waals surface area contributed by atoms with E-state index in [1.54, 1.807) is 0 Å². The summed E-state index contributed by atoms with van der Waals surface area (Å²) in [5.74, 6) is 0.204. The molecule has 0 fully saturated rings. The molecule has 4 nitrogen and oxygen atoms in total. The smallest absolute Gasteiger partial charge is 0.251 e. The van der Waals surface area contributed by atoms with Gasteiger partial charge in [0.05, 0.1) is 18.8 Å². The topological polar surface area (TPSA) is 64.3 Å². The molecule has 1 aliphatic rings. The Kier molecular flexibility index (Phi) is 3.92. The standard InChI is InChI=1S/C15H22N2O2/c1-10(2)15(3,9-16)17-14(18)11-4-5-12-7-19-8-13(12)6-11/h4-6,10H,7-9,16H2,1-3H3,(H,17,18). The Labute approximate surface area is 114 Å². The molecule has 1 heterocycles. The maximum Gasteiger partial charge on any atom is 0.251 e. The molecule has 1 aromatic carbocycles. The lowest BCUT2D eigenvalue weighted by Crippen LogP contribution is -2.55. The minimum Gasteiger partial charge on any atom is -0.372 e. The summed E-state index contributed by atoms with van der Waals surface area (Å²) in [6.45, 7) is 7.75. The van der Waals surface area contributed by atoms with Gasteiger partial charge < -0.3 is 15.8 Å². The van der Waals surface area contributed by atoms with Crippen molar-refractivity contribution in [3.8, 4) is 0 Å². The van der Waals surface area contributed by atoms with Crippen LogP contribution in [0.15, 0.2) is 18.2 Å². The number of hydrogen-bond acceptors (Lipinski definition) is 3. The molecule has 0 radical (unpaired) electrons. The SMILES string of the molecule is CC(C)C(C)(CN)NC(=O)c1ccc2c(c1)COC2. The monoisotopic (exact) mass is 262 g/mol. The third kappa shape index (κ3) is 2.80. The van der Waals surface area contributed by atoms with Gasteiger partial charge in [-0.1, -0.05) is 19.9 Å². The first-order valence-electron chi connectivity index (χ1n) is 6.68. The zero-order chi connectivity index (χ0) is 14.0. The van der Waals surface area contributed by atoms with Gasteiger partial charge in [0, 0.05) is 12.1 Å². The lowest BCUT2D eigenvalue weighted by molar-refractivity contribution is 0.0883. The van der Waals surface area contributed by atoms with Gasteiger partial charge in [0.15, 0.2) is 0 Å². The van der Waals surface area contributed by atoms with Crippen molar-refractivity contribution in [2.75, 3.05) is 6.54 Å². The van der Waals surface area contributed by atoms with Crippen LogP contribution >= 0.6 is 0 Å². The van der Waals surface area contributed by atoms with Gasteiger partial charge in [0.25, 0.3) is 5.91 Å². The summed E-state index contributed by atoms with van der Waals surface area (Å²) in [5.41, 5.74) is 8.35. The summed E-state index contributed by atoms with van der Waals surface area (Å²) in [6.07, 6.45) is 0. The van der Waals surface area contributed by atoms with E-state index in [1.807, 2.05) is 25.1 Å². The van der Waals surface area contributed by atoms with Gasteiger partial charge in [-0.05, 0) is 36.1 Å². The van der Waals surface area contributed by atoms with Gasteiger partial charge >= 0.3 is 0 Å². The predicted molar refractivity (Wildman–Crippen MR) is 74.7 cm³/mol. The Balaban J connectivity index is 2.16. The minimum atomic E-state index is -0.382. The normalized spacial score (nSPS) is 17.1. The highest BCUT2D eigenvalue weighted by molar-refractivity contribution is 5.95. The number of rotatable bonds is 4. The molecule has 104 valence electrons. The molecular weight excluding hydrogens is 240 g/mol. The molecule has 0 bridgehead atoms.